The predicted molar refractivity (Wildman–Crippen MR) is 111 cm³/mol. The van der Waals surface area contributed by atoms with Crippen LogP contribution in [0.3, 0.4) is 0 Å². The van der Waals surface area contributed by atoms with Crippen LogP contribution >= 0.6 is 38.9 Å². The van der Waals surface area contributed by atoms with Crippen molar-refractivity contribution in [1.29, 1.82) is 0 Å². The monoisotopic (exact) mass is 435 g/mol. The van der Waals surface area contributed by atoms with Crippen LogP contribution in [0, 0.1) is 0 Å². The molecule has 0 N–H and O–H groups in total. The van der Waals surface area contributed by atoms with E-state index >= 15 is 0 Å². The molecule has 2 heterocycles. The quantitative estimate of drug-likeness (QED) is 0.436. The van der Waals surface area contributed by atoms with Gasteiger partial charge in [0.1, 0.15) is 10.6 Å². The molecule has 2 aromatic heterocycles. The van der Waals surface area contributed by atoms with Crippen molar-refractivity contribution >= 4 is 54.9 Å². The van der Waals surface area contributed by atoms with Crippen molar-refractivity contribution in [1.82, 2.24) is 9.97 Å². The van der Waals surface area contributed by atoms with Gasteiger partial charge in [0.05, 0.1) is 5.39 Å². The molecule has 6 heteroatoms. The third-order valence-corrected chi connectivity index (χ3v) is 6.57. The van der Waals surface area contributed by atoms with E-state index in [2.05, 4.69) is 67.5 Å². The predicted octanol–water partition coefficient (Wildman–Crippen LogP) is 6.54. The topological polar surface area (TPSA) is 29.0 Å². The van der Waals surface area contributed by atoms with Gasteiger partial charge in [0, 0.05) is 28.5 Å². The van der Waals surface area contributed by atoms with Crippen LogP contribution in [0.2, 0.25) is 5.28 Å². The van der Waals surface area contributed by atoms with Crippen molar-refractivity contribution in [2.75, 3.05) is 11.9 Å². The van der Waals surface area contributed by atoms with Gasteiger partial charge in [-0.3, -0.25) is 0 Å². The maximum absolute atomic E-state index is 6.23. The molecule has 25 heavy (non-hydrogen) atoms. The van der Waals surface area contributed by atoms with Crippen LogP contribution in [0.15, 0.2) is 34.1 Å². The Hall–Kier alpha value is -1.17. The molecule has 0 saturated heterocycles. The highest BCUT2D eigenvalue weighted by Gasteiger charge is 2.24. The summed E-state index contributed by atoms with van der Waals surface area (Å²) in [7, 11) is 2.15. The number of rotatable bonds is 3. The highest BCUT2D eigenvalue weighted by molar-refractivity contribution is 9.10. The summed E-state index contributed by atoms with van der Waals surface area (Å²) in [5.74, 6) is 0.959. The van der Waals surface area contributed by atoms with E-state index in [1.807, 2.05) is 0 Å². The Kier molecular flexibility index (Phi) is 4.98. The highest BCUT2D eigenvalue weighted by Crippen LogP contribution is 2.40. The molecule has 0 aliphatic heterocycles. The lowest BCUT2D eigenvalue weighted by molar-refractivity contribution is 0.426. The fraction of sp³-hybridized carbons (Fsp3) is 0.368. The largest absolute Gasteiger partial charge is 0.356 e. The van der Waals surface area contributed by atoms with E-state index in [0.29, 0.717) is 11.3 Å². The molecule has 0 amide bonds. The second-order valence-corrected chi connectivity index (χ2v) is 8.67. The van der Waals surface area contributed by atoms with Gasteiger partial charge >= 0.3 is 0 Å². The van der Waals surface area contributed by atoms with Gasteiger partial charge in [0.2, 0.25) is 5.28 Å². The molecule has 0 bridgehead atoms. The first kappa shape index (κ1) is 17.3. The summed E-state index contributed by atoms with van der Waals surface area (Å²) in [5.41, 5.74) is 2.36. The molecule has 0 radical (unpaired) electrons. The average molecular weight is 437 g/mol. The van der Waals surface area contributed by atoms with Gasteiger partial charge in [-0.25, -0.2) is 4.98 Å². The molecule has 4 rings (SSSR count). The molecule has 0 spiro atoms. The Balaban J connectivity index is 1.84. The van der Waals surface area contributed by atoms with Crippen molar-refractivity contribution in [2.45, 2.75) is 38.1 Å². The summed E-state index contributed by atoms with van der Waals surface area (Å²) in [4.78, 5) is 12.4. The number of thiophene rings is 1. The maximum Gasteiger partial charge on any atom is 0.225 e. The van der Waals surface area contributed by atoms with Crippen molar-refractivity contribution in [3.63, 3.8) is 0 Å². The van der Waals surface area contributed by atoms with Crippen LogP contribution in [-0.4, -0.2) is 23.1 Å². The first-order chi connectivity index (χ1) is 12.1. The molecule has 0 atom stereocenters. The molecule has 1 fully saturated rings. The van der Waals surface area contributed by atoms with Crippen molar-refractivity contribution < 1.29 is 0 Å². The van der Waals surface area contributed by atoms with E-state index in [1.165, 1.54) is 43.2 Å². The Morgan fingerprint density at radius 1 is 1.12 bits per heavy atom. The summed E-state index contributed by atoms with van der Waals surface area (Å²) in [6.07, 6.45) is 6.36. The van der Waals surface area contributed by atoms with Gasteiger partial charge in [-0.2, -0.15) is 4.98 Å². The molecular formula is C19H19BrClN3S. The SMILES string of the molecule is CN(c1nc(Cl)nc2scc(-c3ccc(Br)cc3)c12)C1CCCCC1. The van der Waals surface area contributed by atoms with Gasteiger partial charge in [-0.05, 0) is 42.1 Å². The lowest BCUT2D eigenvalue weighted by atomic mass is 9.94. The minimum atomic E-state index is 0.328. The highest BCUT2D eigenvalue weighted by atomic mass is 79.9. The molecule has 1 saturated carbocycles. The molecule has 1 aliphatic rings. The van der Waals surface area contributed by atoms with E-state index in [4.69, 9.17) is 11.6 Å². The minimum Gasteiger partial charge on any atom is -0.356 e. The van der Waals surface area contributed by atoms with Crippen molar-refractivity contribution in [2.24, 2.45) is 0 Å². The fourth-order valence-electron chi connectivity index (χ4n) is 3.64. The van der Waals surface area contributed by atoms with Crippen LogP contribution in [0.25, 0.3) is 21.3 Å². The number of nitrogens with zero attached hydrogens (tertiary/aromatic N) is 3. The van der Waals surface area contributed by atoms with Crippen LogP contribution in [0.5, 0.6) is 0 Å². The number of fused-ring (bicyclic) bond motifs is 1. The zero-order valence-electron chi connectivity index (χ0n) is 14.0. The normalized spacial score (nSPS) is 15.6. The first-order valence-corrected chi connectivity index (χ1v) is 10.6. The van der Waals surface area contributed by atoms with E-state index in [1.54, 1.807) is 11.3 Å². The molecule has 3 nitrogen and oxygen atoms in total. The average Bonchev–Trinajstić information content (AvgIpc) is 3.05. The number of benzene rings is 1. The van der Waals surface area contributed by atoms with Gasteiger partial charge < -0.3 is 4.90 Å². The summed E-state index contributed by atoms with van der Waals surface area (Å²) in [6.45, 7) is 0. The molecule has 0 unspecified atom stereocenters. The summed E-state index contributed by atoms with van der Waals surface area (Å²) in [6, 6.07) is 8.93. The molecular weight excluding hydrogens is 418 g/mol. The van der Waals surface area contributed by atoms with E-state index < -0.39 is 0 Å². The van der Waals surface area contributed by atoms with E-state index in [9.17, 15) is 0 Å². The van der Waals surface area contributed by atoms with Crippen LogP contribution in [0.4, 0.5) is 5.82 Å². The fourth-order valence-corrected chi connectivity index (χ4v) is 5.06. The summed E-state index contributed by atoms with van der Waals surface area (Å²) in [5, 5.41) is 3.61. The van der Waals surface area contributed by atoms with Gasteiger partial charge in [-0.15, -0.1) is 11.3 Å². The summed E-state index contributed by atoms with van der Waals surface area (Å²) >= 11 is 11.4. The van der Waals surface area contributed by atoms with E-state index in [-0.39, 0.29) is 0 Å². The number of hydrogen-bond donors (Lipinski definition) is 0. The third-order valence-electron chi connectivity index (χ3n) is 5.00. The smallest absolute Gasteiger partial charge is 0.225 e. The number of anilines is 1. The molecule has 3 aromatic rings. The zero-order chi connectivity index (χ0) is 17.4. The minimum absolute atomic E-state index is 0.328. The van der Waals surface area contributed by atoms with Crippen molar-refractivity contribution in [3.8, 4) is 11.1 Å². The maximum atomic E-state index is 6.23. The Labute approximate surface area is 165 Å². The number of aromatic nitrogens is 2. The third kappa shape index (κ3) is 3.42. The summed E-state index contributed by atoms with van der Waals surface area (Å²) < 4.78 is 1.08. The molecule has 130 valence electrons. The Morgan fingerprint density at radius 3 is 2.56 bits per heavy atom. The van der Waals surface area contributed by atoms with Crippen LogP contribution in [-0.2, 0) is 0 Å². The van der Waals surface area contributed by atoms with Gasteiger partial charge in [0.25, 0.3) is 0 Å². The first-order valence-electron chi connectivity index (χ1n) is 8.57. The molecule has 1 aromatic carbocycles. The van der Waals surface area contributed by atoms with Crippen molar-refractivity contribution in [3.05, 3.63) is 39.4 Å². The van der Waals surface area contributed by atoms with E-state index in [0.717, 1.165) is 20.5 Å². The number of hydrogen-bond acceptors (Lipinski definition) is 4. The second-order valence-electron chi connectivity index (χ2n) is 6.56. The standard InChI is InChI=1S/C19H19BrClN3S/c1-24(14-5-3-2-4-6-14)17-16-15(12-7-9-13(20)10-8-12)11-25-18(16)23-19(21)22-17/h7-11,14H,2-6H2,1H3. The molecule has 1 aliphatic carbocycles. The zero-order valence-corrected chi connectivity index (χ0v) is 17.2. The second kappa shape index (κ2) is 7.22. The number of halogens is 2. The van der Waals surface area contributed by atoms with Crippen LogP contribution in [0.1, 0.15) is 32.1 Å². The van der Waals surface area contributed by atoms with Gasteiger partial charge in [-0.1, -0.05) is 47.3 Å². The Morgan fingerprint density at radius 2 is 1.84 bits per heavy atom. The lowest BCUT2D eigenvalue weighted by Crippen LogP contribution is -2.34. The van der Waals surface area contributed by atoms with Gasteiger partial charge in [0.15, 0.2) is 0 Å². The Bertz CT molecular complexity index is 888. The lowest BCUT2D eigenvalue weighted by Gasteiger charge is -2.32. The van der Waals surface area contributed by atoms with Crippen LogP contribution < -0.4 is 4.90 Å².